The molecule has 0 aromatic rings. The highest BCUT2D eigenvalue weighted by Gasteiger charge is 2.33. The Kier molecular flexibility index (Phi) is 6.26. The summed E-state index contributed by atoms with van der Waals surface area (Å²) in [5, 5.41) is 0. The van der Waals surface area contributed by atoms with Gasteiger partial charge in [-0.3, -0.25) is 9.69 Å². The molecular weight excluding hydrogens is 273 g/mol. The van der Waals surface area contributed by atoms with Gasteiger partial charge in [0.05, 0.1) is 25.3 Å². The van der Waals surface area contributed by atoms with Crippen molar-refractivity contribution in [3.63, 3.8) is 0 Å². The number of ether oxygens (including phenoxy) is 1. The van der Waals surface area contributed by atoms with Gasteiger partial charge in [-0.2, -0.15) is 13.2 Å². The maximum Gasteiger partial charge on any atom is 0.401 e. The highest BCUT2D eigenvalue weighted by Crippen LogP contribution is 2.17. The average molecular weight is 296 g/mol. The normalized spacial score (nSPS) is 24.2. The fourth-order valence-corrected chi connectivity index (χ4v) is 2.46. The Hall–Kier alpha value is -0.820. The van der Waals surface area contributed by atoms with E-state index in [-0.39, 0.29) is 31.2 Å². The Morgan fingerprint density at radius 3 is 2.30 bits per heavy atom. The fraction of sp³-hybridized carbons (Fsp3) is 0.923. The Balaban J connectivity index is 2.56. The first-order valence-corrected chi connectivity index (χ1v) is 6.93. The molecule has 0 N–H and O–H groups in total. The molecule has 0 saturated carbocycles. The standard InChI is InChI=1S/C13H23F3N2O2/c1-4-5-17(9-13(14,15)16)8-12(19)18-6-10(2)20-11(3)7-18/h10-11H,4-9H2,1-3H3/t10-,11-/m1/s1. The molecule has 118 valence electrons. The zero-order chi connectivity index (χ0) is 15.3. The topological polar surface area (TPSA) is 32.8 Å². The minimum atomic E-state index is -4.28. The molecule has 0 aromatic carbocycles. The molecular formula is C13H23F3N2O2. The first-order chi connectivity index (χ1) is 9.21. The van der Waals surface area contributed by atoms with Crippen molar-refractivity contribution in [2.45, 2.75) is 45.6 Å². The van der Waals surface area contributed by atoms with Crippen LogP contribution in [-0.2, 0) is 9.53 Å². The van der Waals surface area contributed by atoms with Gasteiger partial charge in [0.2, 0.25) is 5.91 Å². The van der Waals surface area contributed by atoms with E-state index in [4.69, 9.17) is 4.74 Å². The number of nitrogens with zero attached hydrogens (tertiary/aromatic N) is 2. The summed E-state index contributed by atoms with van der Waals surface area (Å²) in [5.41, 5.74) is 0. The lowest BCUT2D eigenvalue weighted by Crippen LogP contribution is -2.51. The number of halogens is 3. The van der Waals surface area contributed by atoms with Crippen molar-refractivity contribution in [1.29, 1.82) is 0 Å². The third kappa shape index (κ3) is 6.09. The third-order valence-electron chi connectivity index (χ3n) is 3.07. The predicted molar refractivity (Wildman–Crippen MR) is 69.4 cm³/mol. The Labute approximate surface area is 117 Å². The monoisotopic (exact) mass is 296 g/mol. The predicted octanol–water partition coefficient (Wildman–Crippen LogP) is 1.90. The van der Waals surface area contributed by atoms with Gasteiger partial charge in [-0.15, -0.1) is 0 Å². The largest absolute Gasteiger partial charge is 0.401 e. The van der Waals surface area contributed by atoms with Gasteiger partial charge in [-0.05, 0) is 26.8 Å². The van der Waals surface area contributed by atoms with Crippen molar-refractivity contribution >= 4 is 5.91 Å². The van der Waals surface area contributed by atoms with Crippen LogP contribution in [0.25, 0.3) is 0 Å². The maximum atomic E-state index is 12.5. The fourth-order valence-electron chi connectivity index (χ4n) is 2.46. The van der Waals surface area contributed by atoms with Crippen LogP contribution in [0.4, 0.5) is 13.2 Å². The van der Waals surface area contributed by atoms with Crippen LogP contribution < -0.4 is 0 Å². The number of carbonyl (C=O) groups is 1. The van der Waals surface area contributed by atoms with Crippen molar-refractivity contribution in [3.8, 4) is 0 Å². The molecule has 1 rings (SSSR count). The molecule has 7 heteroatoms. The van der Waals surface area contributed by atoms with Crippen molar-refractivity contribution in [2.75, 3.05) is 32.7 Å². The lowest BCUT2D eigenvalue weighted by molar-refractivity contribution is -0.156. The summed E-state index contributed by atoms with van der Waals surface area (Å²) in [6, 6.07) is 0. The van der Waals surface area contributed by atoms with Gasteiger partial charge in [0.25, 0.3) is 0 Å². The van der Waals surface area contributed by atoms with Crippen LogP contribution in [-0.4, -0.2) is 66.8 Å². The van der Waals surface area contributed by atoms with Crippen molar-refractivity contribution in [3.05, 3.63) is 0 Å². The molecule has 0 unspecified atom stereocenters. The van der Waals surface area contributed by atoms with Gasteiger partial charge in [0.15, 0.2) is 0 Å². The molecule has 0 bridgehead atoms. The lowest BCUT2D eigenvalue weighted by atomic mass is 10.2. The van der Waals surface area contributed by atoms with Gasteiger partial charge in [-0.1, -0.05) is 6.92 Å². The molecule has 1 heterocycles. The summed E-state index contributed by atoms with van der Waals surface area (Å²) in [7, 11) is 0. The number of alkyl halides is 3. The van der Waals surface area contributed by atoms with Crippen LogP contribution >= 0.6 is 0 Å². The Bertz CT molecular complexity index is 313. The average Bonchev–Trinajstić information content (AvgIpc) is 2.25. The minimum absolute atomic E-state index is 0.0788. The zero-order valence-electron chi connectivity index (χ0n) is 12.2. The van der Waals surface area contributed by atoms with Gasteiger partial charge in [-0.25, -0.2) is 0 Å². The number of hydrogen-bond acceptors (Lipinski definition) is 3. The van der Waals surface area contributed by atoms with Crippen LogP contribution in [0.2, 0.25) is 0 Å². The molecule has 1 saturated heterocycles. The van der Waals surface area contributed by atoms with E-state index in [0.29, 0.717) is 19.5 Å². The SMILES string of the molecule is CCCN(CC(=O)N1C[C@@H](C)O[C@H](C)C1)CC(F)(F)F. The van der Waals surface area contributed by atoms with Crippen LogP contribution in [0.1, 0.15) is 27.2 Å². The van der Waals surface area contributed by atoms with Crippen molar-refractivity contribution in [1.82, 2.24) is 9.80 Å². The molecule has 1 aliphatic heterocycles. The molecule has 1 amide bonds. The zero-order valence-corrected chi connectivity index (χ0v) is 12.2. The van der Waals surface area contributed by atoms with E-state index in [1.807, 2.05) is 13.8 Å². The van der Waals surface area contributed by atoms with Gasteiger partial charge >= 0.3 is 6.18 Å². The Morgan fingerprint density at radius 2 is 1.85 bits per heavy atom. The summed E-state index contributed by atoms with van der Waals surface area (Å²) < 4.78 is 42.9. The third-order valence-corrected chi connectivity index (χ3v) is 3.07. The van der Waals surface area contributed by atoms with E-state index in [1.54, 1.807) is 11.8 Å². The first-order valence-electron chi connectivity index (χ1n) is 6.93. The molecule has 0 aromatic heterocycles. The van der Waals surface area contributed by atoms with E-state index < -0.39 is 12.7 Å². The quantitative estimate of drug-likeness (QED) is 0.777. The summed E-state index contributed by atoms with van der Waals surface area (Å²) in [6.07, 6.45) is -3.85. The molecule has 2 atom stereocenters. The molecule has 20 heavy (non-hydrogen) atoms. The summed E-state index contributed by atoms with van der Waals surface area (Å²) in [5.74, 6) is -0.260. The summed E-state index contributed by atoms with van der Waals surface area (Å²) >= 11 is 0. The number of rotatable bonds is 5. The lowest BCUT2D eigenvalue weighted by Gasteiger charge is -2.36. The van der Waals surface area contributed by atoms with E-state index in [2.05, 4.69) is 0 Å². The molecule has 0 aliphatic carbocycles. The van der Waals surface area contributed by atoms with E-state index in [9.17, 15) is 18.0 Å². The minimum Gasteiger partial charge on any atom is -0.372 e. The van der Waals surface area contributed by atoms with Crippen LogP contribution in [0.5, 0.6) is 0 Å². The Morgan fingerprint density at radius 1 is 1.30 bits per heavy atom. The number of hydrogen-bond donors (Lipinski definition) is 0. The number of amides is 1. The maximum absolute atomic E-state index is 12.5. The number of carbonyl (C=O) groups excluding carboxylic acids is 1. The van der Waals surface area contributed by atoms with E-state index in [0.717, 1.165) is 4.90 Å². The summed E-state index contributed by atoms with van der Waals surface area (Å²) in [4.78, 5) is 14.9. The molecule has 0 spiro atoms. The highest BCUT2D eigenvalue weighted by molar-refractivity contribution is 5.78. The highest BCUT2D eigenvalue weighted by atomic mass is 19.4. The van der Waals surface area contributed by atoms with Gasteiger partial charge < -0.3 is 9.64 Å². The molecule has 0 radical (unpaired) electrons. The van der Waals surface area contributed by atoms with Crippen LogP contribution in [0, 0.1) is 0 Å². The first kappa shape index (κ1) is 17.2. The van der Waals surface area contributed by atoms with E-state index >= 15 is 0 Å². The van der Waals surface area contributed by atoms with Gasteiger partial charge in [0.1, 0.15) is 0 Å². The number of morpholine rings is 1. The second-order valence-corrected chi connectivity index (χ2v) is 5.38. The smallest absolute Gasteiger partial charge is 0.372 e. The van der Waals surface area contributed by atoms with Crippen LogP contribution in [0.3, 0.4) is 0 Å². The summed E-state index contributed by atoms with van der Waals surface area (Å²) in [6.45, 7) is 5.43. The van der Waals surface area contributed by atoms with Crippen molar-refractivity contribution < 1.29 is 22.7 Å². The van der Waals surface area contributed by atoms with Crippen molar-refractivity contribution in [2.24, 2.45) is 0 Å². The second-order valence-electron chi connectivity index (χ2n) is 5.38. The van der Waals surface area contributed by atoms with E-state index in [1.165, 1.54) is 0 Å². The van der Waals surface area contributed by atoms with Gasteiger partial charge in [0, 0.05) is 13.1 Å². The molecule has 1 aliphatic rings. The van der Waals surface area contributed by atoms with Crippen LogP contribution in [0.15, 0.2) is 0 Å². The molecule has 1 fully saturated rings. The molecule has 4 nitrogen and oxygen atoms in total. The second kappa shape index (κ2) is 7.26.